The summed E-state index contributed by atoms with van der Waals surface area (Å²) in [6.45, 7) is 9.66. The van der Waals surface area contributed by atoms with Crippen molar-refractivity contribution in [3.63, 3.8) is 0 Å². The van der Waals surface area contributed by atoms with Crippen LogP contribution in [0.4, 0.5) is 0 Å². The summed E-state index contributed by atoms with van der Waals surface area (Å²) in [6, 6.07) is 8.18. The Balaban J connectivity index is 2.32. The smallest absolute Gasteiger partial charge is 0.129 e. The number of fused-ring (bicyclic) bond motifs is 1. The molecule has 0 saturated heterocycles. The standard InChI is InChI=1S/C16H19N3/c1-5-9-13(6-2)19(4)12(3)16-17-14-10-7-8-11-15(14)18-16/h5-12H,1-2H2,3-4H3,(H,17,18)/b13-9+. The van der Waals surface area contributed by atoms with Crippen LogP contribution >= 0.6 is 0 Å². The van der Waals surface area contributed by atoms with E-state index >= 15 is 0 Å². The van der Waals surface area contributed by atoms with Gasteiger partial charge in [0.25, 0.3) is 0 Å². The second-order valence-corrected chi connectivity index (χ2v) is 4.46. The zero-order valence-electron chi connectivity index (χ0n) is 11.4. The topological polar surface area (TPSA) is 31.9 Å². The predicted molar refractivity (Wildman–Crippen MR) is 80.7 cm³/mol. The Kier molecular flexibility index (Phi) is 3.85. The summed E-state index contributed by atoms with van der Waals surface area (Å²) in [7, 11) is 2.02. The minimum absolute atomic E-state index is 0.136. The second kappa shape index (κ2) is 5.57. The molecule has 1 aromatic heterocycles. The van der Waals surface area contributed by atoms with Crippen LogP contribution in [0.5, 0.6) is 0 Å². The lowest BCUT2D eigenvalue weighted by Gasteiger charge is -2.26. The summed E-state index contributed by atoms with van der Waals surface area (Å²) in [4.78, 5) is 10.1. The molecule has 1 heterocycles. The third-order valence-corrected chi connectivity index (χ3v) is 3.29. The van der Waals surface area contributed by atoms with Crippen molar-refractivity contribution in [3.05, 3.63) is 67.2 Å². The lowest BCUT2D eigenvalue weighted by Crippen LogP contribution is -2.21. The summed E-state index contributed by atoms with van der Waals surface area (Å²) >= 11 is 0. The van der Waals surface area contributed by atoms with Crippen molar-refractivity contribution < 1.29 is 0 Å². The van der Waals surface area contributed by atoms with E-state index in [0.717, 1.165) is 22.6 Å². The molecule has 98 valence electrons. The van der Waals surface area contributed by atoms with Gasteiger partial charge in [-0.3, -0.25) is 0 Å². The molecule has 1 N–H and O–H groups in total. The van der Waals surface area contributed by atoms with Crippen LogP contribution in [0.2, 0.25) is 0 Å². The molecule has 1 unspecified atom stereocenters. The van der Waals surface area contributed by atoms with Crippen LogP contribution in [0.25, 0.3) is 11.0 Å². The Hall–Kier alpha value is -2.29. The fourth-order valence-electron chi connectivity index (χ4n) is 2.03. The maximum atomic E-state index is 4.63. The molecule has 0 spiro atoms. The maximum Gasteiger partial charge on any atom is 0.129 e. The third kappa shape index (κ3) is 2.60. The van der Waals surface area contributed by atoms with Crippen LogP contribution in [0.3, 0.4) is 0 Å². The molecule has 0 fully saturated rings. The van der Waals surface area contributed by atoms with E-state index in [0.29, 0.717) is 0 Å². The molecule has 0 bridgehead atoms. The van der Waals surface area contributed by atoms with E-state index in [1.165, 1.54) is 0 Å². The van der Waals surface area contributed by atoms with Crippen LogP contribution in [-0.4, -0.2) is 21.9 Å². The van der Waals surface area contributed by atoms with Crippen LogP contribution in [0.15, 0.2) is 61.3 Å². The van der Waals surface area contributed by atoms with Crippen LogP contribution in [0, 0.1) is 0 Å². The SMILES string of the molecule is C=C/C=C(\C=C)N(C)C(C)c1nc2ccccc2[nH]1. The molecule has 0 aliphatic rings. The minimum Gasteiger partial charge on any atom is -0.365 e. The molecule has 19 heavy (non-hydrogen) atoms. The highest BCUT2D eigenvalue weighted by atomic mass is 15.2. The van der Waals surface area contributed by atoms with Gasteiger partial charge in [-0.25, -0.2) is 4.98 Å². The predicted octanol–water partition coefficient (Wildman–Crippen LogP) is 3.81. The van der Waals surface area contributed by atoms with Crippen molar-refractivity contribution >= 4 is 11.0 Å². The van der Waals surface area contributed by atoms with Gasteiger partial charge in [-0.05, 0) is 31.2 Å². The number of allylic oxidation sites excluding steroid dienone is 3. The maximum absolute atomic E-state index is 4.63. The van der Waals surface area contributed by atoms with Gasteiger partial charge in [0, 0.05) is 12.7 Å². The monoisotopic (exact) mass is 253 g/mol. The van der Waals surface area contributed by atoms with Gasteiger partial charge in [0.1, 0.15) is 5.82 Å². The van der Waals surface area contributed by atoms with Crippen molar-refractivity contribution in [3.8, 4) is 0 Å². The van der Waals surface area contributed by atoms with Crippen LogP contribution in [0.1, 0.15) is 18.8 Å². The first-order valence-corrected chi connectivity index (χ1v) is 6.30. The number of nitrogens with zero attached hydrogens (tertiary/aromatic N) is 2. The first kappa shape index (κ1) is 13.1. The summed E-state index contributed by atoms with van der Waals surface area (Å²) in [5.41, 5.74) is 3.07. The van der Waals surface area contributed by atoms with Gasteiger partial charge in [0.2, 0.25) is 0 Å². The Bertz CT molecular complexity index is 589. The Labute approximate surface area is 114 Å². The molecule has 3 heteroatoms. The Morgan fingerprint density at radius 1 is 1.37 bits per heavy atom. The van der Waals surface area contributed by atoms with Crippen molar-refractivity contribution in [2.45, 2.75) is 13.0 Å². The molecule has 1 atom stereocenters. The zero-order valence-corrected chi connectivity index (χ0v) is 11.4. The van der Waals surface area contributed by atoms with E-state index in [4.69, 9.17) is 0 Å². The summed E-state index contributed by atoms with van der Waals surface area (Å²) in [6.07, 6.45) is 5.52. The molecule has 0 saturated carbocycles. The molecule has 3 nitrogen and oxygen atoms in total. The first-order valence-electron chi connectivity index (χ1n) is 6.30. The lowest BCUT2D eigenvalue weighted by molar-refractivity contribution is 0.329. The Morgan fingerprint density at radius 3 is 2.74 bits per heavy atom. The number of likely N-dealkylation sites (N-methyl/N-ethyl adjacent to an activating group) is 1. The molecule has 0 radical (unpaired) electrons. The van der Waals surface area contributed by atoms with Crippen molar-refractivity contribution in [1.29, 1.82) is 0 Å². The number of hydrogen-bond donors (Lipinski definition) is 1. The number of H-pyrrole nitrogens is 1. The second-order valence-electron chi connectivity index (χ2n) is 4.46. The van der Waals surface area contributed by atoms with Crippen LogP contribution in [-0.2, 0) is 0 Å². The van der Waals surface area contributed by atoms with Gasteiger partial charge in [-0.1, -0.05) is 31.4 Å². The van der Waals surface area contributed by atoms with Gasteiger partial charge in [0.05, 0.1) is 17.1 Å². The number of aromatic amines is 1. The van der Waals surface area contributed by atoms with Gasteiger partial charge < -0.3 is 9.88 Å². The Morgan fingerprint density at radius 2 is 2.11 bits per heavy atom. The highest BCUT2D eigenvalue weighted by Gasteiger charge is 2.16. The van der Waals surface area contributed by atoms with Crippen molar-refractivity contribution in [1.82, 2.24) is 14.9 Å². The number of aromatic nitrogens is 2. The molecular formula is C16H19N3. The van der Waals surface area contributed by atoms with Gasteiger partial charge in [-0.15, -0.1) is 0 Å². The van der Waals surface area contributed by atoms with E-state index in [-0.39, 0.29) is 6.04 Å². The van der Waals surface area contributed by atoms with Gasteiger partial charge >= 0.3 is 0 Å². The number of hydrogen-bond acceptors (Lipinski definition) is 2. The number of para-hydroxylation sites is 2. The molecular weight excluding hydrogens is 234 g/mol. The molecule has 0 aliphatic carbocycles. The number of rotatable bonds is 5. The van der Waals surface area contributed by atoms with Crippen molar-refractivity contribution in [2.24, 2.45) is 0 Å². The van der Waals surface area contributed by atoms with E-state index in [1.54, 1.807) is 6.08 Å². The number of imidazole rings is 1. The number of benzene rings is 1. The molecule has 0 aliphatic heterocycles. The highest BCUT2D eigenvalue weighted by molar-refractivity contribution is 5.74. The van der Waals surface area contributed by atoms with E-state index in [9.17, 15) is 0 Å². The largest absolute Gasteiger partial charge is 0.365 e. The quantitative estimate of drug-likeness (QED) is 0.822. The van der Waals surface area contributed by atoms with Gasteiger partial charge in [0.15, 0.2) is 0 Å². The average Bonchev–Trinajstić information content (AvgIpc) is 2.87. The van der Waals surface area contributed by atoms with Crippen molar-refractivity contribution in [2.75, 3.05) is 7.05 Å². The zero-order chi connectivity index (χ0) is 13.8. The average molecular weight is 253 g/mol. The highest BCUT2D eigenvalue weighted by Crippen LogP contribution is 2.23. The molecule has 0 amide bonds. The summed E-state index contributed by atoms with van der Waals surface area (Å²) in [5.74, 6) is 0.945. The van der Waals surface area contributed by atoms with E-state index in [1.807, 2.05) is 43.5 Å². The normalized spacial score (nSPS) is 13.3. The molecule has 2 rings (SSSR count). The first-order chi connectivity index (χ1) is 9.17. The fourth-order valence-corrected chi connectivity index (χ4v) is 2.03. The van der Waals surface area contributed by atoms with E-state index < -0.39 is 0 Å². The lowest BCUT2D eigenvalue weighted by atomic mass is 10.2. The summed E-state index contributed by atoms with van der Waals surface area (Å²) in [5, 5.41) is 0. The molecule has 2 aromatic rings. The summed E-state index contributed by atoms with van der Waals surface area (Å²) < 4.78 is 0. The van der Waals surface area contributed by atoms with E-state index in [2.05, 4.69) is 34.9 Å². The molecule has 1 aromatic carbocycles. The third-order valence-electron chi connectivity index (χ3n) is 3.29. The fraction of sp³-hybridized carbons (Fsp3) is 0.188. The van der Waals surface area contributed by atoms with Gasteiger partial charge in [-0.2, -0.15) is 0 Å². The minimum atomic E-state index is 0.136. The van der Waals surface area contributed by atoms with Crippen LogP contribution < -0.4 is 0 Å². The number of nitrogens with one attached hydrogen (secondary N) is 1.